The van der Waals surface area contributed by atoms with Gasteiger partial charge in [-0.2, -0.15) is 0 Å². The maximum Gasteiger partial charge on any atom is 0.191 e. The van der Waals surface area contributed by atoms with Crippen molar-refractivity contribution in [2.45, 2.75) is 39.0 Å². The first-order valence-corrected chi connectivity index (χ1v) is 10.1. The van der Waals surface area contributed by atoms with Crippen LogP contribution in [0.2, 0.25) is 0 Å². The van der Waals surface area contributed by atoms with Crippen molar-refractivity contribution in [2.75, 3.05) is 46.1 Å². The predicted octanol–water partition coefficient (Wildman–Crippen LogP) is 3.80. The Morgan fingerprint density at radius 2 is 1.78 bits per heavy atom. The van der Waals surface area contributed by atoms with Crippen molar-refractivity contribution >= 4 is 29.9 Å². The number of rotatable bonds is 13. The lowest BCUT2D eigenvalue weighted by atomic mass is 10.1. The van der Waals surface area contributed by atoms with Crippen LogP contribution >= 0.6 is 24.0 Å². The first kappa shape index (κ1) is 24.2. The molecule has 0 amide bonds. The van der Waals surface area contributed by atoms with E-state index in [0.717, 1.165) is 38.6 Å². The number of halogens is 1. The van der Waals surface area contributed by atoms with Crippen molar-refractivity contribution in [3.8, 4) is 0 Å². The molecule has 5 nitrogen and oxygen atoms in total. The molecule has 2 rings (SSSR count). The molecule has 0 heterocycles. The Bertz CT molecular complexity index is 513. The van der Waals surface area contributed by atoms with Crippen LogP contribution in [0.4, 0.5) is 0 Å². The van der Waals surface area contributed by atoms with Gasteiger partial charge in [0.2, 0.25) is 0 Å². The number of ether oxygens (including phenoxy) is 2. The summed E-state index contributed by atoms with van der Waals surface area (Å²) in [5, 5.41) is 6.65. The SMILES string of the molecule is CCCCOCCOCCNC(=NCC1CC1c1ccccc1)NCC.I. The molecule has 0 saturated heterocycles. The lowest BCUT2D eigenvalue weighted by Gasteiger charge is -2.11. The van der Waals surface area contributed by atoms with Gasteiger partial charge in [0.25, 0.3) is 0 Å². The number of unbranched alkanes of at least 4 members (excludes halogenated alkanes) is 1. The van der Waals surface area contributed by atoms with Crippen LogP contribution in [-0.4, -0.2) is 52.0 Å². The number of aliphatic imine (C=N–C) groups is 1. The van der Waals surface area contributed by atoms with Crippen LogP contribution in [-0.2, 0) is 9.47 Å². The van der Waals surface area contributed by atoms with Gasteiger partial charge in [-0.15, -0.1) is 24.0 Å². The quantitative estimate of drug-likeness (QED) is 0.192. The van der Waals surface area contributed by atoms with Gasteiger partial charge in [-0.05, 0) is 37.2 Å². The van der Waals surface area contributed by atoms with Gasteiger partial charge in [0, 0.05) is 26.2 Å². The molecular weight excluding hydrogens is 453 g/mol. The van der Waals surface area contributed by atoms with Crippen LogP contribution in [0.1, 0.15) is 44.6 Å². The van der Waals surface area contributed by atoms with Crippen molar-refractivity contribution in [3.63, 3.8) is 0 Å². The van der Waals surface area contributed by atoms with E-state index in [-0.39, 0.29) is 24.0 Å². The zero-order chi connectivity index (χ0) is 18.5. The molecule has 0 aliphatic heterocycles. The van der Waals surface area contributed by atoms with Crippen molar-refractivity contribution in [1.29, 1.82) is 0 Å². The van der Waals surface area contributed by atoms with Crippen LogP contribution in [0.25, 0.3) is 0 Å². The highest BCUT2D eigenvalue weighted by molar-refractivity contribution is 14.0. The van der Waals surface area contributed by atoms with Crippen LogP contribution in [0.15, 0.2) is 35.3 Å². The molecule has 2 N–H and O–H groups in total. The summed E-state index contributed by atoms with van der Waals surface area (Å²) in [6.45, 7) is 9.58. The Labute approximate surface area is 181 Å². The Morgan fingerprint density at radius 1 is 1.04 bits per heavy atom. The second-order valence-electron chi connectivity index (χ2n) is 6.74. The second kappa shape index (κ2) is 15.1. The Morgan fingerprint density at radius 3 is 2.48 bits per heavy atom. The van der Waals surface area contributed by atoms with Crippen LogP contribution in [0.5, 0.6) is 0 Å². The smallest absolute Gasteiger partial charge is 0.191 e. The first-order chi connectivity index (χ1) is 12.8. The normalized spacial score (nSPS) is 18.7. The highest BCUT2D eigenvalue weighted by Crippen LogP contribution is 2.47. The highest BCUT2D eigenvalue weighted by Gasteiger charge is 2.37. The molecule has 1 fully saturated rings. The van der Waals surface area contributed by atoms with Gasteiger partial charge >= 0.3 is 0 Å². The van der Waals surface area contributed by atoms with E-state index < -0.39 is 0 Å². The van der Waals surface area contributed by atoms with Gasteiger partial charge < -0.3 is 20.1 Å². The third-order valence-corrected chi connectivity index (χ3v) is 4.53. The van der Waals surface area contributed by atoms with E-state index in [2.05, 4.69) is 54.8 Å². The monoisotopic (exact) mass is 489 g/mol. The molecule has 154 valence electrons. The summed E-state index contributed by atoms with van der Waals surface area (Å²) in [5.74, 6) is 2.23. The van der Waals surface area contributed by atoms with Crippen molar-refractivity contribution in [1.82, 2.24) is 10.6 Å². The largest absolute Gasteiger partial charge is 0.379 e. The average Bonchev–Trinajstić information content (AvgIpc) is 3.45. The van der Waals surface area contributed by atoms with Crippen LogP contribution < -0.4 is 10.6 Å². The molecule has 0 aromatic heterocycles. The fraction of sp³-hybridized carbons (Fsp3) is 0.667. The van der Waals surface area contributed by atoms with E-state index in [1.807, 2.05) is 0 Å². The topological polar surface area (TPSA) is 54.9 Å². The van der Waals surface area contributed by atoms with Gasteiger partial charge in [-0.1, -0.05) is 43.7 Å². The predicted molar refractivity (Wildman–Crippen MR) is 123 cm³/mol. The van der Waals surface area contributed by atoms with Gasteiger partial charge in [-0.25, -0.2) is 0 Å². The molecule has 0 bridgehead atoms. The van der Waals surface area contributed by atoms with E-state index in [1.54, 1.807) is 0 Å². The molecule has 0 radical (unpaired) electrons. The fourth-order valence-electron chi connectivity index (χ4n) is 2.92. The number of nitrogens with one attached hydrogen (secondary N) is 2. The van der Waals surface area contributed by atoms with Crippen LogP contribution in [0, 0.1) is 5.92 Å². The molecule has 2 atom stereocenters. The summed E-state index contributed by atoms with van der Waals surface area (Å²) in [5.41, 5.74) is 1.44. The Balaban J connectivity index is 0.00000364. The summed E-state index contributed by atoms with van der Waals surface area (Å²) in [6.07, 6.45) is 3.54. The van der Waals surface area contributed by atoms with Crippen molar-refractivity contribution < 1.29 is 9.47 Å². The molecule has 1 aliphatic rings. The maximum atomic E-state index is 5.58. The average molecular weight is 489 g/mol. The Hall–Kier alpha value is -0.860. The fourth-order valence-corrected chi connectivity index (χ4v) is 2.92. The molecule has 2 unspecified atom stereocenters. The van der Waals surface area contributed by atoms with E-state index >= 15 is 0 Å². The van der Waals surface area contributed by atoms with E-state index in [1.165, 1.54) is 18.4 Å². The minimum Gasteiger partial charge on any atom is -0.379 e. The van der Waals surface area contributed by atoms with Crippen molar-refractivity contribution in [2.24, 2.45) is 10.9 Å². The summed E-state index contributed by atoms with van der Waals surface area (Å²) < 4.78 is 11.1. The molecular formula is C21H36IN3O2. The number of hydrogen-bond donors (Lipinski definition) is 2. The zero-order valence-corrected chi connectivity index (χ0v) is 19.1. The maximum absolute atomic E-state index is 5.58. The molecule has 0 spiro atoms. The summed E-state index contributed by atoms with van der Waals surface area (Å²) in [6, 6.07) is 10.8. The lowest BCUT2D eigenvalue weighted by Crippen LogP contribution is -2.39. The lowest BCUT2D eigenvalue weighted by molar-refractivity contribution is 0.0487. The molecule has 27 heavy (non-hydrogen) atoms. The third kappa shape index (κ3) is 10.3. The van der Waals surface area contributed by atoms with Gasteiger partial charge in [0.1, 0.15) is 0 Å². The molecule has 6 heteroatoms. The minimum absolute atomic E-state index is 0. The first-order valence-electron chi connectivity index (χ1n) is 10.1. The van der Waals surface area contributed by atoms with E-state index in [4.69, 9.17) is 14.5 Å². The number of guanidine groups is 1. The minimum atomic E-state index is 0. The molecule has 1 aliphatic carbocycles. The standard InChI is InChI=1S/C21H35N3O2.HI/c1-3-5-12-25-14-15-26-13-11-23-21(22-4-2)24-17-19-16-20(19)18-9-7-6-8-10-18;/h6-10,19-20H,3-5,11-17H2,1-2H3,(H2,22,23,24);1H. The zero-order valence-electron chi connectivity index (χ0n) is 16.8. The number of nitrogens with zero attached hydrogens (tertiary/aromatic N) is 1. The Kier molecular flexibility index (Phi) is 13.5. The highest BCUT2D eigenvalue weighted by atomic mass is 127. The molecule has 1 saturated carbocycles. The summed E-state index contributed by atoms with van der Waals surface area (Å²) in [7, 11) is 0. The number of hydrogen-bond acceptors (Lipinski definition) is 3. The summed E-state index contributed by atoms with van der Waals surface area (Å²) in [4.78, 5) is 4.73. The number of benzene rings is 1. The van der Waals surface area contributed by atoms with Gasteiger partial charge in [0.15, 0.2) is 5.96 Å². The van der Waals surface area contributed by atoms with E-state index in [9.17, 15) is 0 Å². The van der Waals surface area contributed by atoms with Crippen molar-refractivity contribution in [3.05, 3.63) is 35.9 Å². The van der Waals surface area contributed by atoms with Crippen LogP contribution in [0.3, 0.4) is 0 Å². The second-order valence-corrected chi connectivity index (χ2v) is 6.74. The molecule has 1 aromatic rings. The summed E-state index contributed by atoms with van der Waals surface area (Å²) >= 11 is 0. The van der Waals surface area contributed by atoms with E-state index in [0.29, 0.717) is 31.7 Å². The molecule has 1 aromatic carbocycles. The third-order valence-electron chi connectivity index (χ3n) is 4.53. The van der Waals surface area contributed by atoms with Gasteiger partial charge in [0.05, 0.1) is 19.8 Å². The van der Waals surface area contributed by atoms with Gasteiger partial charge in [-0.3, -0.25) is 4.99 Å².